The van der Waals surface area contributed by atoms with Gasteiger partial charge in [0.05, 0.1) is 10.9 Å². The molecule has 1 atom stereocenters. The van der Waals surface area contributed by atoms with Crippen LogP contribution >= 0.6 is 0 Å². The van der Waals surface area contributed by atoms with Gasteiger partial charge in [-0.1, -0.05) is 19.1 Å². The first kappa shape index (κ1) is 18.9. The Balaban J connectivity index is 1.94. The second-order valence-corrected chi connectivity index (χ2v) is 8.84. The van der Waals surface area contributed by atoms with Gasteiger partial charge in [0.1, 0.15) is 0 Å². The average molecular weight is 353 g/mol. The summed E-state index contributed by atoms with van der Waals surface area (Å²) in [5.74, 6) is 0.551. The van der Waals surface area contributed by atoms with E-state index in [1.165, 1.54) is 6.26 Å². The first-order valence-electron chi connectivity index (χ1n) is 8.57. The predicted octanol–water partition coefficient (Wildman–Crippen LogP) is 2.39. The number of piperidine rings is 1. The van der Waals surface area contributed by atoms with Gasteiger partial charge in [-0.25, -0.2) is 8.42 Å². The second-order valence-electron chi connectivity index (χ2n) is 6.82. The fourth-order valence-electron chi connectivity index (χ4n) is 3.15. The quantitative estimate of drug-likeness (QED) is 0.854. The van der Waals surface area contributed by atoms with Crippen LogP contribution in [0, 0.1) is 5.92 Å². The summed E-state index contributed by atoms with van der Waals surface area (Å²) in [5.41, 5.74) is 0.946. The van der Waals surface area contributed by atoms with Crippen molar-refractivity contribution in [3.05, 3.63) is 29.8 Å². The lowest BCUT2D eigenvalue weighted by atomic mass is 9.93. The normalized spacial score (nSPS) is 18.3. The van der Waals surface area contributed by atoms with E-state index in [2.05, 4.69) is 17.3 Å². The van der Waals surface area contributed by atoms with E-state index in [0.29, 0.717) is 17.2 Å². The third-order valence-corrected chi connectivity index (χ3v) is 5.89. The van der Waals surface area contributed by atoms with Gasteiger partial charge in [0.25, 0.3) is 0 Å². The molecule has 1 heterocycles. The number of benzene rings is 1. The van der Waals surface area contributed by atoms with Gasteiger partial charge in [-0.2, -0.15) is 0 Å². The molecule has 24 heavy (non-hydrogen) atoms. The van der Waals surface area contributed by atoms with Crippen molar-refractivity contribution in [3.8, 4) is 0 Å². The molecular formula is C18H28N2O3S. The van der Waals surface area contributed by atoms with Crippen LogP contribution in [0.15, 0.2) is 29.2 Å². The Morgan fingerprint density at radius 1 is 1.25 bits per heavy atom. The van der Waals surface area contributed by atoms with Gasteiger partial charge >= 0.3 is 0 Å². The van der Waals surface area contributed by atoms with Crippen LogP contribution in [0.4, 0.5) is 0 Å². The molecule has 0 radical (unpaired) electrons. The third-order valence-electron chi connectivity index (χ3n) is 4.77. The van der Waals surface area contributed by atoms with Crippen molar-refractivity contribution in [2.45, 2.75) is 43.5 Å². The van der Waals surface area contributed by atoms with Crippen LogP contribution in [0.3, 0.4) is 0 Å². The molecule has 5 nitrogen and oxygen atoms in total. The van der Waals surface area contributed by atoms with E-state index in [0.717, 1.165) is 37.9 Å². The van der Waals surface area contributed by atoms with Gasteiger partial charge < -0.3 is 10.2 Å². The molecule has 1 unspecified atom stereocenters. The fourth-order valence-corrected chi connectivity index (χ4v) is 3.78. The molecule has 0 saturated carbocycles. The number of hydrogen-bond donors (Lipinski definition) is 1. The first-order chi connectivity index (χ1) is 11.3. The van der Waals surface area contributed by atoms with E-state index < -0.39 is 9.84 Å². The molecule has 1 amide bonds. The molecular weight excluding hydrogens is 324 g/mol. The number of hydrogen-bond acceptors (Lipinski definition) is 4. The molecule has 0 bridgehead atoms. The highest BCUT2D eigenvalue weighted by atomic mass is 32.2. The first-order valence-corrected chi connectivity index (χ1v) is 10.5. The van der Waals surface area contributed by atoms with Crippen LogP contribution in [0.2, 0.25) is 0 Å². The van der Waals surface area contributed by atoms with Crippen molar-refractivity contribution in [2.24, 2.45) is 5.92 Å². The Morgan fingerprint density at radius 2 is 1.83 bits per heavy atom. The Labute approximate surface area is 145 Å². The van der Waals surface area contributed by atoms with Crippen molar-refractivity contribution in [2.75, 3.05) is 26.4 Å². The topological polar surface area (TPSA) is 66.5 Å². The molecule has 1 aromatic carbocycles. The van der Waals surface area contributed by atoms with E-state index in [1.807, 2.05) is 6.92 Å². The van der Waals surface area contributed by atoms with E-state index >= 15 is 0 Å². The molecule has 0 aliphatic carbocycles. The van der Waals surface area contributed by atoms with E-state index in [-0.39, 0.29) is 11.9 Å². The summed E-state index contributed by atoms with van der Waals surface area (Å²) < 4.78 is 23.1. The zero-order chi connectivity index (χ0) is 17.7. The summed E-state index contributed by atoms with van der Waals surface area (Å²) in [7, 11) is -1.08. The van der Waals surface area contributed by atoms with Crippen LogP contribution < -0.4 is 5.32 Å². The van der Waals surface area contributed by atoms with Crippen LogP contribution in [0.1, 0.15) is 44.2 Å². The molecule has 1 aliphatic rings. The number of nitrogens with one attached hydrogen (secondary N) is 1. The number of carbonyl (C=O) groups is 1. The van der Waals surface area contributed by atoms with Crippen molar-refractivity contribution in [1.82, 2.24) is 10.2 Å². The van der Waals surface area contributed by atoms with Crippen molar-refractivity contribution >= 4 is 15.7 Å². The third kappa shape index (κ3) is 5.31. The Hall–Kier alpha value is -1.40. The van der Waals surface area contributed by atoms with E-state index in [4.69, 9.17) is 0 Å². The van der Waals surface area contributed by atoms with Gasteiger partial charge in [-0.3, -0.25) is 4.79 Å². The highest BCUT2D eigenvalue weighted by Crippen LogP contribution is 2.22. The predicted molar refractivity (Wildman–Crippen MR) is 95.6 cm³/mol. The van der Waals surface area contributed by atoms with Gasteiger partial charge in [0.2, 0.25) is 5.91 Å². The summed E-state index contributed by atoms with van der Waals surface area (Å²) in [5, 5.41) is 3.10. The lowest BCUT2D eigenvalue weighted by Gasteiger charge is -2.29. The van der Waals surface area contributed by atoms with Crippen molar-refractivity contribution < 1.29 is 13.2 Å². The molecule has 1 fully saturated rings. The van der Waals surface area contributed by atoms with Crippen molar-refractivity contribution in [3.63, 3.8) is 0 Å². The number of amides is 1. The van der Waals surface area contributed by atoms with Crippen LogP contribution in [0.5, 0.6) is 0 Å². The fraction of sp³-hybridized carbons (Fsp3) is 0.611. The van der Waals surface area contributed by atoms with E-state index in [1.54, 1.807) is 24.3 Å². The van der Waals surface area contributed by atoms with Crippen LogP contribution in [-0.2, 0) is 14.6 Å². The number of sulfone groups is 1. The van der Waals surface area contributed by atoms with Crippen molar-refractivity contribution in [1.29, 1.82) is 0 Å². The second kappa shape index (κ2) is 8.12. The Morgan fingerprint density at radius 3 is 2.33 bits per heavy atom. The standard InChI is InChI=1S/C18H28N2O3S/c1-4-17(15-5-7-16(8-6-15)24(3,22)23)19-18(21)13-14-9-11-20(2)12-10-14/h5-8,14,17H,4,9-13H2,1-3H3,(H,19,21). The molecule has 0 spiro atoms. The number of likely N-dealkylation sites (tertiary alicyclic amines) is 1. The summed E-state index contributed by atoms with van der Waals surface area (Å²) in [6.07, 6.45) is 4.69. The summed E-state index contributed by atoms with van der Waals surface area (Å²) in [6, 6.07) is 6.73. The zero-order valence-electron chi connectivity index (χ0n) is 14.8. The molecule has 1 N–H and O–H groups in total. The number of nitrogens with zero attached hydrogens (tertiary/aromatic N) is 1. The largest absolute Gasteiger partial charge is 0.349 e. The molecule has 1 aromatic rings. The minimum absolute atomic E-state index is 0.0719. The van der Waals surface area contributed by atoms with Gasteiger partial charge in [-0.05, 0) is 63.0 Å². The summed E-state index contributed by atoms with van der Waals surface area (Å²) in [4.78, 5) is 14.9. The maximum atomic E-state index is 12.3. The SMILES string of the molecule is CCC(NC(=O)CC1CCN(C)CC1)c1ccc(S(C)(=O)=O)cc1. The minimum Gasteiger partial charge on any atom is -0.349 e. The van der Waals surface area contributed by atoms with E-state index in [9.17, 15) is 13.2 Å². The maximum absolute atomic E-state index is 12.3. The molecule has 134 valence electrons. The van der Waals surface area contributed by atoms with Gasteiger partial charge in [-0.15, -0.1) is 0 Å². The lowest BCUT2D eigenvalue weighted by molar-refractivity contribution is -0.123. The average Bonchev–Trinajstić information content (AvgIpc) is 2.54. The highest BCUT2D eigenvalue weighted by Gasteiger charge is 2.21. The monoisotopic (exact) mass is 352 g/mol. The molecule has 6 heteroatoms. The number of carbonyl (C=O) groups excluding carboxylic acids is 1. The number of rotatable bonds is 6. The molecule has 1 saturated heterocycles. The highest BCUT2D eigenvalue weighted by molar-refractivity contribution is 7.90. The Kier molecular flexibility index (Phi) is 6.40. The summed E-state index contributed by atoms with van der Waals surface area (Å²) >= 11 is 0. The van der Waals surface area contributed by atoms with Gasteiger partial charge in [0.15, 0.2) is 9.84 Å². The van der Waals surface area contributed by atoms with Gasteiger partial charge in [0, 0.05) is 12.7 Å². The van der Waals surface area contributed by atoms with Crippen LogP contribution in [0.25, 0.3) is 0 Å². The smallest absolute Gasteiger partial charge is 0.220 e. The van der Waals surface area contributed by atoms with Crippen LogP contribution in [-0.4, -0.2) is 45.6 Å². The summed E-state index contributed by atoms with van der Waals surface area (Å²) in [6.45, 7) is 4.13. The zero-order valence-corrected chi connectivity index (χ0v) is 15.6. The minimum atomic E-state index is -3.19. The maximum Gasteiger partial charge on any atom is 0.220 e. The lowest BCUT2D eigenvalue weighted by Crippen LogP contribution is -2.34. The molecule has 2 rings (SSSR count). The molecule has 1 aliphatic heterocycles. The Bertz CT molecular complexity index is 647. The molecule has 0 aromatic heterocycles.